The summed E-state index contributed by atoms with van der Waals surface area (Å²) in [6.07, 6.45) is -0.344. The quantitative estimate of drug-likeness (QED) is 0.657. The smallest absolute Gasteiger partial charge is 0.353 e. The van der Waals surface area contributed by atoms with Gasteiger partial charge in [0.15, 0.2) is 6.23 Å². The summed E-state index contributed by atoms with van der Waals surface area (Å²) in [5.74, 6) is 0.482. The first-order chi connectivity index (χ1) is 11.1. The molecule has 2 aromatic heterocycles. The van der Waals surface area contributed by atoms with Crippen molar-refractivity contribution in [3.8, 4) is 11.6 Å². The number of hydrogen-bond donors (Lipinski definition) is 3. The Morgan fingerprint density at radius 2 is 2.13 bits per heavy atom. The second-order valence-electron chi connectivity index (χ2n) is 4.98. The lowest BCUT2D eigenvalue weighted by Gasteiger charge is -2.17. The summed E-state index contributed by atoms with van der Waals surface area (Å²) in [6, 6.07) is 4.76. The number of aromatic nitrogens is 3. The van der Waals surface area contributed by atoms with Gasteiger partial charge in [-0.1, -0.05) is 0 Å². The topological polar surface area (TPSA) is 127 Å². The number of aliphatic hydroxyl groups is 3. The molecule has 0 aromatic carbocycles. The van der Waals surface area contributed by atoms with Crippen molar-refractivity contribution in [2.75, 3.05) is 6.61 Å². The Balaban J connectivity index is 1.82. The van der Waals surface area contributed by atoms with Gasteiger partial charge in [0.25, 0.3) is 0 Å². The van der Waals surface area contributed by atoms with E-state index < -0.39 is 36.8 Å². The molecule has 0 saturated carbocycles. The van der Waals surface area contributed by atoms with Crippen molar-refractivity contribution < 1.29 is 24.8 Å². The van der Waals surface area contributed by atoms with E-state index in [1.54, 1.807) is 18.3 Å². The minimum Gasteiger partial charge on any atom is -0.437 e. The molecule has 1 aliphatic heterocycles. The molecule has 9 nitrogen and oxygen atoms in total. The number of pyridine rings is 1. The normalized spacial score (nSPS) is 27.1. The van der Waals surface area contributed by atoms with E-state index in [-0.39, 0.29) is 5.88 Å². The van der Waals surface area contributed by atoms with Crippen LogP contribution in [0.3, 0.4) is 0 Å². The van der Waals surface area contributed by atoms with E-state index in [2.05, 4.69) is 9.97 Å². The van der Waals surface area contributed by atoms with E-state index >= 15 is 0 Å². The Kier molecular flexibility index (Phi) is 4.35. The molecule has 3 rings (SSSR count). The maximum Gasteiger partial charge on any atom is 0.353 e. The molecule has 9 heteroatoms. The van der Waals surface area contributed by atoms with Gasteiger partial charge in [-0.25, -0.2) is 4.79 Å². The van der Waals surface area contributed by atoms with Crippen LogP contribution in [-0.2, 0) is 4.74 Å². The molecule has 0 bridgehead atoms. The fourth-order valence-corrected chi connectivity index (χ4v) is 2.29. The van der Waals surface area contributed by atoms with Crippen molar-refractivity contribution in [3.05, 3.63) is 47.3 Å². The van der Waals surface area contributed by atoms with Crippen LogP contribution in [0.4, 0.5) is 0 Å². The summed E-state index contributed by atoms with van der Waals surface area (Å²) >= 11 is 0. The van der Waals surface area contributed by atoms with Crippen LogP contribution in [0.15, 0.2) is 41.6 Å². The van der Waals surface area contributed by atoms with Gasteiger partial charge < -0.3 is 24.8 Å². The molecule has 4 atom stereocenters. The molecule has 0 radical (unpaired) electrons. The van der Waals surface area contributed by atoms with E-state index in [1.165, 1.54) is 18.5 Å². The molecule has 2 aromatic rings. The van der Waals surface area contributed by atoms with Crippen molar-refractivity contribution in [1.29, 1.82) is 0 Å². The third-order valence-corrected chi connectivity index (χ3v) is 3.45. The third kappa shape index (κ3) is 3.08. The Hall–Kier alpha value is -2.33. The van der Waals surface area contributed by atoms with Gasteiger partial charge in [-0.2, -0.15) is 4.98 Å². The maximum atomic E-state index is 12.1. The predicted octanol–water partition coefficient (Wildman–Crippen LogP) is -0.958. The van der Waals surface area contributed by atoms with E-state index in [4.69, 9.17) is 14.6 Å². The lowest BCUT2D eigenvalue weighted by molar-refractivity contribution is -0.0550. The standard InChI is InChI=1S/C14H15N3O6/c18-7-9-11(19)12(20)13(23-9)17-5-3-10(16-14(17)21)22-8-2-1-4-15-6-8/h1-6,9,11-13,18-20H,7H2/t9-,11-,12-,13-/m1/s1. The lowest BCUT2D eigenvalue weighted by atomic mass is 10.1. The summed E-state index contributed by atoms with van der Waals surface area (Å²) in [7, 11) is 0. The zero-order chi connectivity index (χ0) is 16.4. The highest BCUT2D eigenvalue weighted by molar-refractivity contribution is 5.22. The second-order valence-corrected chi connectivity index (χ2v) is 4.98. The van der Waals surface area contributed by atoms with Crippen LogP contribution >= 0.6 is 0 Å². The Bertz CT molecular complexity index is 722. The maximum absolute atomic E-state index is 12.1. The van der Waals surface area contributed by atoms with Gasteiger partial charge in [-0.05, 0) is 12.1 Å². The predicted molar refractivity (Wildman–Crippen MR) is 75.8 cm³/mol. The van der Waals surface area contributed by atoms with Gasteiger partial charge in [0.2, 0.25) is 5.88 Å². The van der Waals surface area contributed by atoms with Crippen LogP contribution in [0, 0.1) is 0 Å². The van der Waals surface area contributed by atoms with E-state index in [0.29, 0.717) is 5.75 Å². The first-order valence-corrected chi connectivity index (χ1v) is 6.89. The number of nitrogens with zero attached hydrogens (tertiary/aromatic N) is 3. The van der Waals surface area contributed by atoms with Crippen molar-refractivity contribution in [1.82, 2.24) is 14.5 Å². The van der Waals surface area contributed by atoms with E-state index in [9.17, 15) is 15.0 Å². The van der Waals surface area contributed by atoms with Crippen LogP contribution in [0.25, 0.3) is 0 Å². The van der Waals surface area contributed by atoms with Crippen molar-refractivity contribution in [3.63, 3.8) is 0 Å². The van der Waals surface area contributed by atoms with Gasteiger partial charge in [-0.15, -0.1) is 0 Å². The molecule has 3 N–H and O–H groups in total. The third-order valence-electron chi connectivity index (χ3n) is 3.45. The first-order valence-electron chi connectivity index (χ1n) is 6.89. The summed E-state index contributed by atoms with van der Waals surface area (Å²) in [5, 5.41) is 28.7. The summed E-state index contributed by atoms with van der Waals surface area (Å²) < 4.78 is 11.7. The molecule has 3 heterocycles. The van der Waals surface area contributed by atoms with E-state index in [1.807, 2.05) is 0 Å². The van der Waals surface area contributed by atoms with Crippen LogP contribution in [0.2, 0.25) is 0 Å². The Morgan fingerprint density at radius 3 is 2.74 bits per heavy atom. The number of ether oxygens (including phenoxy) is 2. The fraction of sp³-hybridized carbons (Fsp3) is 0.357. The summed E-state index contributed by atoms with van der Waals surface area (Å²) in [5.41, 5.74) is -0.721. The molecule has 0 spiro atoms. The minimum atomic E-state index is -1.35. The van der Waals surface area contributed by atoms with Gasteiger partial charge in [0.1, 0.15) is 24.1 Å². The van der Waals surface area contributed by atoms with Crippen LogP contribution in [-0.4, -0.2) is 54.8 Å². The highest BCUT2D eigenvalue weighted by Gasteiger charge is 2.43. The highest BCUT2D eigenvalue weighted by Crippen LogP contribution is 2.28. The molecular weight excluding hydrogens is 306 g/mol. The Labute approximate surface area is 130 Å². The first kappa shape index (κ1) is 15.6. The van der Waals surface area contributed by atoms with Crippen molar-refractivity contribution in [2.24, 2.45) is 0 Å². The van der Waals surface area contributed by atoms with Gasteiger partial charge in [0, 0.05) is 18.5 Å². The summed E-state index contributed by atoms with van der Waals surface area (Å²) in [6.45, 7) is -0.473. The number of aliphatic hydroxyl groups excluding tert-OH is 3. The SMILES string of the molecule is O=c1nc(Oc2cccnc2)ccn1[C@@H]1O[C@H](CO)[C@@H](O)[C@H]1O. The molecule has 0 amide bonds. The molecule has 122 valence electrons. The van der Waals surface area contributed by atoms with Crippen LogP contribution in [0.1, 0.15) is 6.23 Å². The van der Waals surface area contributed by atoms with Crippen LogP contribution in [0.5, 0.6) is 11.6 Å². The zero-order valence-corrected chi connectivity index (χ0v) is 11.9. The van der Waals surface area contributed by atoms with E-state index in [0.717, 1.165) is 4.57 Å². The van der Waals surface area contributed by atoms with Crippen LogP contribution < -0.4 is 10.4 Å². The molecule has 23 heavy (non-hydrogen) atoms. The summed E-state index contributed by atoms with van der Waals surface area (Å²) in [4.78, 5) is 19.7. The van der Waals surface area contributed by atoms with Gasteiger partial charge in [0.05, 0.1) is 12.8 Å². The average Bonchev–Trinajstić information content (AvgIpc) is 2.84. The van der Waals surface area contributed by atoms with Crippen molar-refractivity contribution >= 4 is 0 Å². The molecule has 0 unspecified atom stereocenters. The van der Waals surface area contributed by atoms with Gasteiger partial charge >= 0.3 is 5.69 Å². The zero-order valence-electron chi connectivity index (χ0n) is 11.9. The average molecular weight is 321 g/mol. The molecule has 1 fully saturated rings. The fourth-order valence-electron chi connectivity index (χ4n) is 2.29. The largest absolute Gasteiger partial charge is 0.437 e. The number of hydrogen-bond acceptors (Lipinski definition) is 8. The second kappa shape index (κ2) is 6.42. The molecule has 1 saturated heterocycles. The highest BCUT2D eigenvalue weighted by atomic mass is 16.6. The monoisotopic (exact) mass is 321 g/mol. The van der Waals surface area contributed by atoms with Gasteiger partial charge in [-0.3, -0.25) is 9.55 Å². The number of rotatable bonds is 4. The minimum absolute atomic E-state index is 0.0611. The molecule has 0 aliphatic carbocycles. The molecular formula is C14H15N3O6. The Morgan fingerprint density at radius 1 is 1.30 bits per heavy atom. The molecule has 1 aliphatic rings. The lowest BCUT2D eigenvalue weighted by Crippen LogP contribution is -2.35. The van der Waals surface area contributed by atoms with Crippen molar-refractivity contribution in [2.45, 2.75) is 24.5 Å².